The van der Waals surface area contributed by atoms with E-state index in [0.717, 1.165) is 18.6 Å². The van der Waals surface area contributed by atoms with Crippen molar-refractivity contribution in [1.29, 1.82) is 0 Å². The van der Waals surface area contributed by atoms with Crippen molar-refractivity contribution in [3.05, 3.63) is 34.4 Å². The molecule has 1 unspecified atom stereocenters. The van der Waals surface area contributed by atoms with E-state index in [1.807, 2.05) is 11.8 Å². The molecule has 2 N–H and O–H groups in total. The fourth-order valence-electron chi connectivity index (χ4n) is 2.17. The summed E-state index contributed by atoms with van der Waals surface area (Å²) in [5.41, 5.74) is 11.7. The number of rotatable bonds is 5. The maximum absolute atomic E-state index is 6.15. The van der Waals surface area contributed by atoms with Gasteiger partial charge in [-0.05, 0) is 62.3 Å². The predicted octanol–water partition coefficient (Wildman–Crippen LogP) is 3.23. The first kappa shape index (κ1) is 13.6. The minimum atomic E-state index is 0.299. The molecule has 1 aromatic carbocycles. The molecule has 0 heterocycles. The summed E-state index contributed by atoms with van der Waals surface area (Å²) in [5.74, 6) is 1.16. The van der Waals surface area contributed by atoms with Crippen LogP contribution in [0.25, 0.3) is 0 Å². The Balaban J connectivity index is 2.73. The summed E-state index contributed by atoms with van der Waals surface area (Å²) in [4.78, 5) is 0. The van der Waals surface area contributed by atoms with Crippen LogP contribution in [0.1, 0.15) is 28.7 Å². The smallest absolute Gasteiger partial charge is 0.00873 e. The zero-order chi connectivity index (χ0) is 12.1. The maximum atomic E-state index is 6.15. The minimum Gasteiger partial charge on any atom is -0.327 e. The van der Waals surface area contributed by atoms with Crippen molar-refractivity contribution in [3.63, 3.8) is 0 Å². The highest BCUT2D eigenvalue weighted by molar-refractivity contribution is 7.98. The number of aryl methyl sites for hydroxylation is 3. The van der Waals surface area contributed by atoms with Crippen molar-refractivity contribution in [1.82, 2.24) is 0 Å². The lowest BCUT2D eigenvalue weighted by Gasteiger charge is -2.16. The highest BCUT2D eigenvalue weighted by Gasteiger charge is 2.09. The van der Waals surface area contributed by atoms with Crippen LogP contribution in [-0.4, -0.2) is 18.1 Å². The molecule has 1 nitrogen and oxygen atoms in total. The van der Waals surface area contributed by atoms with Gasteiger partial charge in [0.2, 0.25) is 0 Å². The highest BCUT2D eigenvalue weighted by Crippen LogP contribution is 2.18. The van der Waals surface area contributed by atoms with Crippen molar-refractivity contribution < 1.29 is 0 Å². The first-order valence-electron chi connectivity index (χ1n) is 5.86. The second-order valence-corrected chi connectivity index (χ2v) is 5.61. The molecule has 0 saturated heterocycles. The summed E-state index contributed by atoms with van der Waals surface area (Å²) in [5, 5.41) is 0. The van der Waals surface area contributed by atoms with E-state index in [0.29, 0.717) is 6.04 Å². The Morgan fingerprint density at radius 2 is 1.75 bits per heavy atom. The molecule has 1 aromatic rings. The molecule has 2 heteroatoms. The standard InChI is InChI=1S/C14H23NS/c1-10-7-11(2)14(12(3)8-10)9-13(15)5-6-16-4/h7-8,13H,5-6,9,15H2,1-4H3. The molecule has 0 saturated carbocycles. The molecular formula is C14H23NS. The van der Waals surface area contributed by atoms with E-state index in [1.54, 1.807) is 0 Å². The molecule has 0 aliphatic heterocycles. The van der Waals surface area contributed by atoms with Crippen LogP contribution in [0.4, 0.5) is 0 Å². The van der Waals surface area contributed by atoms with Gasteiger partial charge in [0.05, 0.1) is 0 Å². The fourth-order valence-corrected chi connectivity index (χ4v) is 2.70. The zero-order valence-corrected chi connectivity index (χ0v) is 11.7. The van der Waals surface area contributed by atoms with Gasteiger partial charge in [0.15, 0.2) is 0 Å². The van der Waals surface area contributed by atoms with Gasteiger partial charge in [0.1, 0.15) is 0 Å². The molecular weight excluding hydrogens is 214 g/mol. The molecule has 16 heavy (non-hydrogen) atoms. The van der Waals surface area contributed by atoms with Gasteiger partial charge in [-0.2, -0.15) is 11.8 Å². The van der Waals surface area contributed by atoms with Crippen LogP contribution in [0, 0.1) is 20.8 Å². The van der Waals surface area contributed by atoms with Crippen LogP contribution in [0.2, 0.25) is 0 Å². The van der Waals surface area contributed by atoms with E-state index >= 15 is 0 Å². The van der Waals surface area contributed by atoms with Crippen LogP contribution in [-0.2, 0) is 6.42 Å². The maximum Gasteiger partial charge on any atom is 0.00873 e. The third-order valence-corrected chi connectivity index (χ3v) is 3.64. The van der Waals surface area contributed by atoms with Gasteiger partial charge in [0.25, 0.3) is 0 Å². The Morgan fingerprint density at radius 1 is 1.19 bits per heavy atom. The van der Waals surface area contributed by atoms with E-state index in [9.17, 15) is 0 Å². The predicted molar refractivity (Wildman–Crippen MR) is 75.3 cm³/mol. The SMILES string of the molecule is CSCCC(N)Cc1c(C)cc(C)cc1C. The number of hydrogen-bond acceptors (Lipinski definition) is 2. The summed E-state index contributed by atoms with van der Waals surface area (Å²) in [7, 11) is 0. The number of hydrogen-bond donors (Lipinski definition) is 1. The molecule has 1 atom stereocenters. The summed E-state index contributed by atoms with van der Waals surface area (Å²) in [6, 6.07) is 4.81. The van der Waals surface area contributed by atoms with Gasteiger partial charge in [0, 0.05) is 6.04 Å². The lowest BCUT2D eigenvalue weighted by Crippen LogP contribution is -2.24. The van der Waals surface area contributed by atoms with Crippen molar-refractivity contribution >= 4 is 11.8 Å². The number of benzene rings is 1. The molecule has 0 aliphatic carbocycles. The lowest BCUT2D eigenvalue weighted by atomic mass is 9.94. The molecule has 0 bridgehead atoms. The highest BCUT2D eigenvalue weighted by atomic mass is 32.2. The molecule has 1 rings (SSSR count). The molecule has 0 spiro atoms. The third-order valence-electron chi connectivity index (χ3n) is 3.00. The van der Waals surface area contributed by atoms with Gasteiger partial charge in [-0.25, -0.2) is 0 Å². The van der Waals surface area contributed by atoms with E-state index in [4.69, 9.17) is 5.73 Å². The van der Waals surface area contributed by atoms with Crippen molar-refractivity contribution in [3.8, 4) is 0 Å². The first-order valence-corrected chi connectivity index (χ1v) is 7.25. The summed E-state index contributed by atoms with van der Waals surface area (Å²) in [6.45, 7) is 6.53. The molecule has 0 aliphatic rings. The van der Waals surface area contributed by atoms with Crippen LogP contribution < -0.4 is 5.73 Å². The van der Waals surface area contributed by atoms with Crippen molar-refractivity contribution in [2.75, 3.05) is 12.0 Å². The average Bonchev–Trinajstić information content (AvgIpc) is 2.20. The molecule has 0 aromatic heterocycles. The monoisotopic (exact) mass is 237 g/mol. The van der Waals surface area contributed by atoms with E-state index in [1.165, 1.54) is 22.3 Å². The molecule has 0 amide bonds. The second kappa shape index (κ2) is 6.31. The van der Waals surface area contributed by atoms with Crippen LogP contribution >= 0.6 is 11.8 Å². The van der Waals surface area contributed by atoms with Gasteiger partial charge in [-0.15, -0.1) is 0 Å². The largest absolute Gasteiger partial charge is 0.327 e. The Morgan fingerprint density at radius 3 is 2.25 bits per heavy atom. The van der Waals surface area contributed by atoms with Crippen LogP contribution in [0.3, 0.4) is 0 Å². The zero-order valence-electron chi connectivity index (χ0n) is 10.8. The first-order chi connectivity index (χ1) is 7.54. The topological polar surface area (TPSA) is 26.0 Å². The van der Waals surface area contributed by atoms with Gasteiger partial charge < -0.3 is 5.73 Å². The normalized spacial score (nSPS) is 12.8. The van der Waals surface area contributed by atoms with Gasteiger partial charge >= 0.3 is 0 Å². The van der Waals surface area contributed by atoms with E-state index < -0.39 is 0 Å². The summed E-state index contributed by atoms with van der Waals surface area (Å²) in [6.07, 6.45) is 4.25. The van der Waals surface area contributed by atoms with Crippen molar-refractivity contribution in [2.24, 2.45) is 5.73 Å². The van der Waals surface area contributed by atoms with Gasteiger partial charge in [-0.3, -0.25) is 0 Å². The molecule has 90 valence electrons. The summed E-state index contributed by atoms with van der Waals surface area (Å²) < 4.78 is 0. The Hall–Kier alpha value is -0.470. The quantitative estimate of drug-likeness (QED) is 0.851. The summed E-state index contributed by atoms with van der Waals surface area (Å²) >= 11 is 1.87. The Kier molecular flexibility index (Phi) is 5.36. The average molecular weight is 237 g/mol. The molecule has 0 fully saturated rings. The fraction of sp³-hybridized carbons (Fsp3) is 0.571. The lowest BCUT2D eigenvalue weighted by molar-refractivity contribution is 0.648. The Bertz CT molecular complexity index is 324. The Labute approximate surface area is 104 Å². The third kappa shape index (κ3) is 3.84. The van der Waals surface area contributed by atoms with Crippen molar-refractivity contribution in [2.45, 2.75) is 39.7 Å². The minimum absolute atomic E-state index is 0.299. The van der Waals surface area contributed by atoms with E-state index in [2.05, 4.69) is 39.2 Å². The number of thioether (sulfide) groups is 1. The van der Waals surface area contributed by atoms with Gasteiger partial charge in [-0.1, -0.05) is 17.7 Å². The number of nitrogens with two attached hydrogens (primary N) is 1. The second-order valence-electron chi connectivity index (χ2n) is 4.62. The van der Waals surface area contributed by atoms with Crippen LogP contribution in [0.5, 0.6) is 0 Å². The molecule has 0 radical (unpaired) electrons. The van der Waals surface area contributed by atoms with E-state index in [-0.39, 0.29) is 0 Å². The van der Waals surface area contributed by atoms with Crippen LogP contribution in [0.15, 0.2) is 12.1 Å².